The normalized spacial score (nSPS) is 10.1. The maximum absolute atomic E-state index is 10.7. The van der Waals surface area contributed by atoms with Crippen LogP contribution in [0, 0.1) is 6.92 Å². The number of carbonyl (C=O) groups is 1. The summed E-state index contributed by atoms with van der Waals surface area (Å²) in [5, 5.41) is 0. The number of carbonyl (C=O) groups excluding carboxylic acids is 1. The Kier molecular flexibility index (Phi) is 2.73. The molecule has 0 unspecified atom stereocenters. The molecule has 0 fully saturated rings. The van der Waals surface area contributed by atoms with E-state index in [1.165, 1.54) is 0 Å². The number of aryl methyl sites for hydroxylation is 1. The summed E-state index contributed by atoms with van der Waals surface area (Å²) in [5.41, 5.74) is 10.4. The van der Waals surface area contributed by atoms with E-state index in [1.807, 2.05) is 43.3 Å². The number of rotatable bonds is 2. The molecule has 0 spiro atoms. The van der Waals surface area contributed by atoms with E-state index in [0.29, 0.717) is 5.56 Å². The molecule has 0 saturated carbocycles. The minimum absolute atomic E-state index is 0.680. The van der Waals surface area contributed by atoms with Crippen LogP contribution in [0.2, 0.25) is 0 Å². The van der Waals surface area contributed by atoms with Crippen LogP contribution in [0.15, 0.2) is 42.5 Å². The Morgan fingerprint density at radius 2 is 1.94 bits per heavy atom. The summed E-state index contributed by atoms with van der Waals surface area (Å²) >= 11 is 0. The molecule has 2 N–H and O–H groups in total. The highest BCUT2D eigenvalue weighted by molar-refractivity contribution is 5.80. The van der Waals surface area contributed by atoms with Gasteiger partial charge < -0.3 is 5.73 Å². The van der Waals surface area contributed by atoms with Crippen LogP contribution >= 0.6 is 0 Å². The molecule has 2 rings (SSSR count). The summed E-state index contributed by atoms with van der Waals surface area (Å²) in [5.74, 6) is 0. The third kappa shape index (κ3) is 1.96. The number of benzene rings is 2. The molecule has 0 radical (unpaired) electrons. The second-order valence-electron chi connectivity index (χ2n) is 3.82. The molecule has 0 aliphatic heterocycles. The molecular formula is C14H13NO. The molecule has 0 aliphatic carbocycles. The highest BCUT2D eigenvalue weighted by atomic mass is 16.1. The van der Waals surface area contributed by atoms with E-state index in [-0.39, 0.29) is 0 Å². The van der Waals surface area contributed by atoms with Gasteiger partial charge in [0.25, 0.3) is 0 Å². The number of anilines is 1. The van der Waals surface area contributed by atoms with E-state index < -0.39 is 0 Å². The van der Waals surface area contributed by atoms with Gasteiger partial charge >= 0.3 is 0 Å². The van der Waals surface area contributed by atoms with Gasteiger partial charge in [0.15, 0.2) is 0 Å². The van der Waals surface area contributed by atoms with Crippen molar-refractivity contribution in [1.29, 1.82) is 0 Å². The monoisotopic (exact) mass is 211 g/mol. The molecule has 2 nitrogen and oxygen atoms in total. The lowest BCUT2D eigenvalue weighted by atomic mass is 9.98. The first-order chi connectivity index (χ1) is 7.70. The fourth-order valence-electron chi connectivity index (χ4n) is 1.73. The molecule has 2 heteroatoms. The predicted molar refractivity (Wildman–Crippen MR) is 66.4 cm³/mol. The van der Waals surface area contributed by atoms with Gasteiger partial charge in [0.05, 0.1) is 0 Å². The van der Waals surface area contributed by atoms with E-state index in [4.69, 9.17) is 5.73 Å². The van der Waals surface area contributed by atoms with Crippen molar-refractivity contribution in [3.63, 3.8) is 0 Å². The molecule has 2 aromatic carbocycles. The Hall–Kier alpha value is -2.09. The van der Waals surface area contributed by atoms with Crippen LogP contribution in [0.3, 0.4) is 0 Å². The van der Waals surface area contributed by atoms with Crippen LogP contribution in [-0.2, 0) is 0 Å². The lowest BCUT2D eigenvalue weighted by Gasteiger charge is -2.07. The van der Waals surface area contributed by atoms with Crippen LogP contribution in [0.5, 0.6) is 0 Å². The fourth-order valence-corrected chi connectivity index (χ4v) is 1.73. The van der Waals surface area contributed by atoms with Gasteiger partial charge in [-0.05, 0) is 41.8 Å². The molecule has 0 aromatic heterocycles. The predicted octanol–water partition coefficient (Wildman–Crippen LogP) is 3.06. The first-order valence-corrected chi connectivity index (χ1v) is 5.12. The summed E-state index contributed by atoms with van der Waals surface area (Å²) < 4.78 is 0. The molecule has 80 valence electrons. The molecule has 0 saturated heterocycles. The highest BCUT2D eigenvalue weighted by Gasteiger charge is 2.03. The van der Waals surface area contributed by atoms with Crippen LogP contribution in [-0.4, -0.2) is 6.29 Å². The van der Waals surface area contributed by atoms with E-state index >= 15 is 0 Å². The standard InChI is InChI=1S/C14H13NO/c1-10-5-6-13(15)8-14(10)12-4-2-3-11(7-12)9-16/h2-9H,15H2,1H3. The van der Waals surface area contributed by atoms with E-state index in [2.05, 4.69) is 0 Å². The third-order valence-electron chi connectivity index (χ3n) is 2.60. The molecular weight excluding hydrogens is 198 g/mol. The minimum Gasteiger partial charge on any atom is -0.399 e. The molecule has 16 heavy (non-hydrogen) atoms. The number of hydrogen-bond donors (Lipinski definition) is 1. The van der Waals surface area contributed by atoms with Crippen LogP contribution in [0.4, 0.5) is 5.69 Å². The second-order valence-corrected chi connectivity index (χ2v) is 3.82. The van der Waals surface area contributed by atoms with Crippen LogP contribution in [0.1, 0.15) is 15.9 Å². The fraction of sp³-hybridized carbons (Fsp3) is 0.0714. The van der Waals surface area contributed by atoms with Gasteiger partial charge in [-0.15, -0.1) is 0 Å². The van der Waals surface area contributed by atoms with Crippen molar-refractivity contribution in [1.82, 2.24) is 0 Å². The Labute approximate surface area is 94.7 Å². The first-order valence-electron chi connectivity index (χ1n) is 5.12. The number of nitrogens with two attached hydrogens (primary N) is 1. The lowest BCUT2D eigenvalue weighted by molar-refractivity contribution is 0.112. The smallest absolute Gasteiger partial charge is 0.150 e. The van der Waals surface area contributed by atoms with Gasteiger partial charge in [-0.25, -0.2) is 0 Å². The summed E-state index contributed by atoms with van der Waals surface area (Å²) in [6, 6.07) is 13.3. The average molecular weight is 211 g/mol. The van der Waals surface area contributed by atoms with Crippen molar-refractivity contribution in [3.05, 3.63) is 53.6 Å². The lowest BCUT2D eigenvalue weighted by Crippen LogP contribution is -1.89. The van der Waals surface area contributed by atoms with Gasteiger partial charge in [0, 0.05) is 11.3 Å². The first kappa shape index (κ1) is 10.4. The maximum Gasteiger partial charge on any atom is 0.150 e. The van der Waals surface area contributed by atoms with E-state index in [0.717, 1.165) is 28.7 Å². The highest BCUT2D eigenvalue weighted by Crippen LogP contribution is 2.25. The quantitative estimate of drug-likeness (QED) is 0.612. The molecule has 0 amide bonds. The Bertz CT molecular complexity index is 532. The molecule has 0 heterocycles. The SMILES string of the molecule is Cc1ccc(N)cc1-c1cccc(C=O)c1. The van der Waals surface area contributed by atoms with Crippen LogP contribution in [0.25, 0.3) is 11.1 Å². The summed E-state index contributed by atoms with van der Waals surface area (Å²) in [7, 11) is 0. The largest absolute Gasteiger partial charge is 0.399 e. The van der Waals surface area contributed by atoms with Gasteiger partial charge in [0.2, 0.25) is 0 Å². The second kappa shape index (κ2) is 4.19. The molecule has 0 bridgehead atoms. The van der Waals surface area contributed by atoms with Crippen molar-refractivity contribution < 1.29 is 4.79 Å². The maximum atomic E-state index is 10.7. The zero-order chi connectivity index (χ0) is 11.5. The van der Waals surface area contributed by atoms with Gasteiger partial charge in [-0.1, -0.05) is 24.3 Å². The van der Waals surface area contributed by atoms with Gasteiger partial charge in [-0.2, -0.15) is 0 Å². The summed E-state index contributed by atoms with van der Waals surface area (Å²) in [6.45, 7) is 2.03. The third-order valence-corrected chi connectivity index (χ3v) is 2.60. The molecule has 2 aromatic rings. The van der Waals surface area contributed by atoms with Crippen molar-refractivity contribution >= 4 is 12.0 Å². The zero-order valence-electron chi connectivity index (χ0n) is 9.10. The average Bonchev–Trinajstić information content (AvgIpc) is 2.32. The van der Waals surface area contributed by atoms with E-state index in [1.54, 1.807) is 6.07 Å². The molecule has 0 aliphatic rings. The topological polar surface area (TPSA) is 43.1 Å². The minimum atomic E-state index is 0.680. The van der Waals surface area contributed by atoms with Crippen molar-refractivity contribution in [3.8, 4) is 11.1 Å². The van der Waals surface area contributed by atoms with Gasteiger partial charge in [0.1, 0.15) is 6.29 Å². The van der Waals surface area contributed by atoms with Crippen molar-refractivity contribution in [2.75, 3.05) is 5.73 Å². The summed E-state index contributed by atoms with van der Waals surface area (Å²) in [6.07, 6.45) is 0.852. The van der Waals surface area contributed by atoms with E-state index in [9.17, 15) is 4.79 Å². The Balaban J connectivity index is 2.57. The van der Waals surface area contributed by atoms with Crippen molar-refractivity contribution in [2.24, 2.45) is 0 Å². The number of hydrogen-bond acceptors (Lipinski definition) is 2. The zero-order valence-corrected chi connectivity index (χ0v) is 9.10. The Morgan fingerprint density at radius 3 is 2.69 bits per heavy atom. The molecule has 0 atom stereocenters. The number of aldehydes is 1. The number of nitrogen functional groups attached to an aromatic ring is 1. The Morgan fingerprint density at radius 1 is 1.12 bits per heavy atom. The van der Waals surface area contributed by atoms with Crippen LogP contribution < -0.4 is 5.73 Å². The summed E-state index contributed by atoms with van der Waals surface area (Å²) in [4.78, 5) is 10.7. The van der Waals surface area contributed by atoms with Crippen molar-refractivity contribution in [2.45, 2.75) is 6.92 Å². The van der Waals surface area contributed by atoms with Gasteiger partial charge in [-0.3, -0.25) is 4.79 Å².